The second-order valence-corrected chi connectivity index (χ2v) is 8.22. The number of aromatic nitrogens is 4. The molecule has 0 atom stereocenters. The minimum absolute atomic E-state index is 0.00196. The second kappa shape index (κ2) is 9.40. The molecule has 0 aliphatic carbocycles. The molecule has 9 nitrogen and oxygen atoms in total. The van der Waals surface area contributed by atoms with Crippen LogP contribution in [0.3, 0.4) is 0 Å². The van der Waals surface area contributed by atoms with Crippen molar-refractivity contribution < 1.29 is 14.7 Å². The van der Waals surface area contributed by atoms with Crippen molar-refractivity contribution in [2.45, 2.75) is 27.2 Å². The molecule has 2 amide bonds. The van der Waals surface area contributed by atoms with Gasteiger partial charge in [-0.3, -0.25) is 20.4 Å². The van der Waals surface area contributed by atoms with Gasteiger partial charge < -0.3 is 5.11 Å². The van der Waals surface area contributed by atoms with Gasteiger partial charge in [0.05, 0.1) is 29.7 Å². The molecule has 4 rings (SSSR count). The van der Waals surface area contributed by atoms with E-state index in [1.807, 2.05) is 57.2 Å². The number of para-hydroxylation sites is 1. The maximum atomic E-state index is 12.5. The highest BCUT2D eigenvalue weighted by molar-refractivity contribution is 6.31. The number of hydrogen-bond acceptors (Lipinski definition) is 5. The van der Waals surface area contributed by atoms with E-state index < -0.39 is 11.8 Å². The highest BCUT2D eigenvalue weighted by Crippen LogP contribution is 2.23. The Morgan fingerprint density at radius 3 is 2.44 bits per heavy atom. The van der Waals surface area contributed by atoms with Gasteiger partial charge in [-0.25, -0.2) is 9.36 Å². The molecule has 0 unspecified atom stereocenters. The fourth-order valence-electron chi connectivity index (χ4n) is 3.53. The van der Waals surface area contributed by atoms with Crippen molar-refractivity contribution in [1.29, 1.82) is 0 Å². The largest absolute Gasteiger partial charge is 0.504 e. The van der Waals surface area contributed by atoms with Crippen LogP contribution in [0, 0.1) is 20.8 Å². The van der Waals surface area contributed by atoms with Gasteiger partial charge in [0, 0.05) is 16.3 Å². The summed E-state index contributed by atoms with van der Waals surface area (Å²) < 4.78 is 3.11. The summed E-state index contributed by atoms with van der Waals surface area (Å²) in [7, 11) is 0. The van der Waals surface area contributed by atoms with Gasteiger partial charge in [-0.05, 0) is 50.6 Å². The Morgan fingerprint density at radius 1 is 1.00 bits per heavy atom. The van der Waals surface area contributed by atoms with Gasteiger partial charge in [0.2, 0.25) is 5.91 Å². The normalized spacial score (nSPS) is 10.8. The molecule has 3 N–H and O–H groups in total. The van der Waals surface area contributed by atoms with Gasteiger partial charge >= 0.3 is 0 Å². The number of benzene rings is 2. The summed E-state index contributed by atoms with van der Waals surface area (Å²) in [5.41, 5.74) is 9.10. The van der Waals surface area contributed by atoms with E-state index in [1.54, 1.807) is 16.8 Å². The molecule has 0 aliphatic heterocycles. The van der Waals surface area contributed by atoms with E-state index in [0.717, 1.165) is 22.5 Å². The maximum Gasteiger partial charge on any atom is 0.294 e. The monoisotopic (exact) mass is 478 g/mol. The van der Waals surface area contributed by atoms with Gasteiger partial charge in [0.1, 0.15) is 0 Å². The Bertz CT molecular complexity index is 1380. The van der Waals surface area contributed by atoms with E-state index in [-0.39, 0.29) is 17.9 Å². The number of aryl methyl sites for hydroxylation is 2. The van der Waals surface area contributed by atoms with Crippen LogP contribution in [-0.4, -0.2) is 36.5 Å². The quantitative estimate of drug-likeness (QED) is 0.381. The average molecular weight is 479 g/mol. The molecule has 0 spiro atoms. The first kappa shape index (κ1) is 23.1. The van der Waals surface area contributed by atoms with E-state index >= 15 is 0 Å². The summed E-state index contributed by atoms with van der Waals surface area (Å²) in [6, 6.07) is 14.7. The molecule has 34 heavy (non-hydrogen) atoms. The molecule has 2 aromatic carbocycles. The van der Waals surface area contributed by atoms with Crippen molar-refractivity contribution in [3.05, 3.63) is 88.0 Å². The van der Waals surface area contributed by atoms with Crippen molar-refractivity contribution >= 4 is 23.4 Å². The molecule has 0 saturated carbocycles. The van der Waals surface area contributed by atoms with E-state index in [9.17, 15) is 14.7 Å². The molecule has 2 heterocycles. The van der Waals surface area contributed by atoms with Crippen molar-refractivity contribution in [1.82, 2.24) is 30.4 Å². The fraction of sp³-hybridized carbons (Fsp3) is 0.167. The highest BCUT2D eigenvalue weighted by Gasteiger charge is 2.20. The molecule has 2 aromatic heterocycles. The fourth-order valence-corrected chi connectivity index (χ4v) is 3.70. The lowest BCUT2D eigenvalue weighted by atomic mass is 10.1. The molecule has 0 bridgehead atoms. The molecule has 0 fully saturated rings. The first-order valence-corrected chi connectivity index (χ1v) is 10.9. The Kier molecular flexibility index (Phi) is 6.38. The van der Waals surface area contributed by atoms with Crippen LogP contribution in [0.5, 0.6) is 5.75 Å². The van der Waals surface area contributed by atoms with Crippen LogP contribution in [0.15, 0.2) is 54.7 Å². The molecule has 10 heteroatoms. The number of hydrogen-bond donors (Lipinski definition) is 3. The Morgan fingerprint density at radius 2 is 1.74 bits per heavy atom. The van der Waals surface area contributed by atoms with E-state index in [0.29, 0.717) is 16.4 Å². The van der Waals surface area contributed by atoms with Crippen LogP contribution in [0.1, 0.15) is 33.0 Å². The molecule has 174 valence electrons. The smallest absolute Gasteiger partial charge is 0.294 e. The van der Waals surface area contributed by atoms with Crippen molar-refractivity contribution in [3.63, 3.8) is 0 Å². The second-order valence-electron chi connectivity index (χ2n) is 7.82. The van der Waals surface area contributed by atoms with Gasteiger partial charge in [-0.2, -0.15) is 10.2 Å². The summed E-state index contributed by atoms with van der Waals surface area (Å²) in [4.78, 5) is 25.0. The van der Waals surface area contributed by atoms with Crippen LogP contribution in [0.25, 0.3) is 11.4 Å². The summed E-state index contributed by atoms with van der Waals surface area (Å²) in [6.07, 6.45) is 1.33. The number of nitrogens with zero attached hydrogens (tertiary/aromatic N) is 4. The third-order valence-corrected chi connectivity index (χ3v) is 5.83. The number of hydrazine groups is 1. The molecule has 0 radical (unpaired) electrons. The van der Waals surface area contributed by atoms with Crippen LogP contribution in [0.2, 0.25) is 5.02 Å². The highest BCUT2D eigenvalue weighted by atomic mass is 35.5. The van der Waals surface area contributed by atoms with Crippen LogP contribution < -0.4 is 10.9 Å². The SMILES string of the molecule is Cc1ccc(-n2nc(C)c(CC(=O)NNC(=O)c3nn(-c4ccccc4)cc3O)c2C)cc1Cl. The number of carbonyl (C=O) groups is 2. The zero-order valence-corrected chi connectivity index (χ0v) is 19.6. The van der Waals surface area contributed by atoms with Crippen LogP contribution >= 0.6 is 11.6 Å². The first-order valence-electron chi connectivity index (χ1n) is 10.5. The summed E-state index contributed by atoms with van der Waals surface area (Å²) >= 11 is 6.25. The third-order valence-electron chi connectivity index (χ3n) is 5.42. The molecule has 0 saturated heterocycles. The van der Waals surface area contributed by atoms with Crippen molar-refractivity contribution in [3.8, 4) is 17.1 Å². The molecule has 0 aliphatic rings. The maximum absolute atomic E-state index is 12.5. The Hall–Kier alpha value is -4.11. The van der Waals surface area contributed by atoms with E-state index in [2.05, 4.69) is 21.0 Å². The summed E-state index contributed by atoms with van der Waals surface area (Å²) in [5.74, 6) is -1.48. The van der Waals surface area contributed by atoms with Crippen molar-refractivity contribution in [2.75, 3.05) is 0 Å². The van der Waals surface area contributed by atoms with E-state index in [1.165, 1.54) is 10.9 Å². The number of rotatable bonds is 5. The summed E-state index contributed by atoms with van der Waals surface area (Å²) in [6.45, 7) is 5.60. The number of amides is 2. The number of aromatic hydroxyl groups is 1. The standard InChI is InChI=1S/C24H23ClN6O3/c1-14-9-10-18(11-20(14)25)31-16(3)19(15(2)28-31)12-22(33)26-27-24(34)23-21(32)13-30(29-23)17-7-5-4-6-8-17/h4-11,13,32H,12H2,1-3H3,(H,26,33)(H,27,34). The van der Waals surface area contributed by atoms with E-state index in [4.69, 9.17) is 11.6 Å². The minimum Gasteiger partial charge on any atom is -0.504 e. The lowest BCUT2D eigenvalue weighted by molar-refractivity contribution is -0.121. The lowest BCUT2D eigenvalue weighted by Gasteiger charge is -2.08. The average Bonchev–Trinajstić information content (AvgIpc) is 3.35. The van der Waals surface area contributed by atoms with Crippen molar-refractivity contribution in [2.24, 2.45) is 0 Å². The third kappa shape index (κ3) is 4.65. The number of carbonyl (C=O) groups excluding carboxylic acids is 2. The zero-order chi connectivity index (χ0) is 24.4. The lowest BCUT2D eigenvalue weighted by Crippen LogP contribution is -2.42. The van der Waals surface area contributed by atoms with Crippen LogP contribution in [-0.2, 0) is 11.2 Å². The topological polar surface area (TPSA) is 114 Å². The zero-order valence-electron chi connectivity index (χ0n) is 18.8. The van der Waals surface area contributed by atoms with Gasteiger partial charge in [0.25, 0.3) is 5.91 Å². The van der Waals surface area contributed by atoms with Gasteiger partial charge in [-0.15, -0.1) is 0 Å². The number of halogens is 1. The van der Waals surface area contributed by atoms with Gasteiger partial charge in [-0.1, -0.05) is 35.9 Å². The first-order chi connectivity index (χ1) is 16.2. The Balaban J connectivity index is 1.43. The number of nitrogens with one attached hydrogen (secondary N) is 2. The molecular formula is C24H23ClN6O3. The van der Waals surface area contributed by atoms with Crippen LogP contribution in [0.4, 0.5) is 0 Å². The minimum atomic E-state index is -0.737. The predicted molar refractivity (Wildman–Crippen MR) is 127 cm³/mol. The Labute approximate surface area is 200 Å². The van der Waals surface area contributed by atoms with Gasteiger partial charge in [0.15, 0.2) is 11.4 Å². The molecule has 4 aromatic rings. The predicted octanol–water partition coefficient (Wildman–Crippen LogP) is 3.35. The summed E-state index contributed by atoms with van der Waals surface area (Å²) in [5, 5.41) is 19.4. The molecular weight excluding hydrogens is 456 g/mol.